The van der Waals surface area contributed by atoms with Gasteiger partial charge < -0.3 is 4.74 Å². The molecular weight excluding hydrogens is 324 g/mol. The molecule has 0 heterocycles. The van der Waals surface area contributed by atoms with Crippen molar-refractivity contribution in [3.05, 3.63) is 53.1 Å². The number of para-hydroxylation sites is 1. The van der Waals surface area contributed by atoms with E-state index >= 15 is 0 Å². The van der Waals surface area contributed by atoms with E-state index in [1.165, 1.54) is 0 Å². The molecule has 2 rings (SSSR count). The highest BCUT2D eigenvalue weighted by atomic mass is 79.9. The lowest BCUT2D eigenvalue weighted by Crippen LogP contribution is -2.01. The standard InChI is InChI=1S/C16H16BrClO/c1-12-4-2-5-15(16(12)19-11-3-10-17)13-6-8-14(18)9-7-13/h2,4-9H,3,10-11H2,1H3. The Bertz CT molecular complexity index is 537. The van der Waals surface area contributed by atoms with Gasteiger partial charge in [0.1, 0.15) is 5.75 Å². The van der Waals surface area contributed by atoms with Gasteiger partial charge in [-0.1, -0.05) is 57.9 Å². The maximum absolute atomic E-state index is 5.94. The van der Waals surface area contributed by atoms with Gasteiger partial charge >= 0.3 is 0 Å². The summed E-state index contributed by atoms with van der Waals surface area (Å²) in [6.45, 7) is 2.79. The van der Waals surface area contributed by atoms with Crippen molar-refractivity contribution in [2.24, 2.45) is 0 Å². The van der Waals surface area contributed by atoms with Crippen LogP contribution in [0.3, 0.4) is 0 Å². The average Bonchev–Trinajstić information content (AvgIpc) is 2.42. The summed E-state index contributed by atoms with van der Waals surface area (Å²) in [5.74, 6) is 0.964. The largest absolute Gasteiger partial charge is 0.493 e. The van der Waals surface area contributed by atoms with E-state index in [1.54, 1.807) is 0 Å². The summed E-state index contributed by atoms with van der Waals surface area (Å²) < 4.78 is 5.93. The second kappa shape index (κ2) is 6.97. The first-order chi connectivity index (χ1) is 9.22. The first kappa shape index (κ1) is 14.4. The Balaban J connectivity index is 2.33. The minimum absolute atomic E-state index is 0.719. The highest BCUT2D eigenvalue weighted by Crippen LogP contribution is 2.33. The predicted molar refractivity (Wildman–Crippen MR) is 85.5 cm³/mol. The van der Waals surface area contributed by atoms with Crippen LogP contribution in [0.2, 0.25) is 5.02 Å². The molecule has 0 atom stereocenters. The zero-order valence-corrected chi connectivity index (χ0v) is 13.2. The Morgan fingerprint density at radius 2 is 1.84 bits per heavy atom. The molecule has 2 aromatic carbocycles. The maximum Gasteiger partial charge on any atom is 0.130 e. The number of hydrogen-bond donors (Lipinski definition) is 0. The van der Waals surface area contributed by atoms with Crippen LogP contribution in [0.25, 0.3) is 11.1 Å². The van der Waals surface area contributed by atoms with Gasteiger partial charge in [-0.2, -0.15) is 0 Å². The quantitative estimate of drug-likeness (QED) is 0.518. The summed E-state index contributed by atoms with van der Waals surface area (Å²) >= 11 is 9.35. The van der Waals surface area contributed by atoms with Crippen LogP contribution in [-0.2, 0) is 0 Å². The van der Waals surface area contributed by atoms with E-state index in [4.69, 9.17) is 16.3 Å². The smallest absolute Gasteiger partial charge is 0.130 e. The van der Waals surface area contributed by atoms with Crippen molar-refractivity contribution in [3.8, 4) is 16.9 Å². The molecule has 0 amide bonds. The fourth-order valence-electron chi connectivity index (χ4n) is 1.93. The van der Waals surface area contributed by atoms with Crippen LogP contribution in [0, 0.1) is 6.92 Å². The summed E-state index contributed by atoms with van der Waals surface area (Å²) in [6, 6.07) is 14.1. The van der Waals surface area contributed by atoms with Crippen LogP contribution >= 0.6 is 27.5 Å². The van der Waals surface area contributed by atoms with Crippen LogP contribution in [0.15, 0.2) is 42.5 Å². The lowest BCUT2D eigenvalue weighted by atomic mass is 10.0. The Hall–Kier alpha value is -0.990. The van der Waals surface area contributed by atoms with Gasteiger partial charge in [0.2, 0.25) is 0 Å². The predicted octanol–water partition coefficient (Wildman–Crippen LogP) is 5.48. The number of aryl methyl sites for hydroxylation is 1. The number of alkyl halides is 1. The molecule has 0 spiro atoms. The summed E-state index contributed by atoms with van der Waals surface area (Å²) in [5.41, 5.74) is 3.40. The third-order valence-corrected chi connectivity index (χ3v) is 3.70. The summed E-state index contributed by atoms with van der Waals surface area (Å²) in [4.78, 5) is 0. The number of benzene rings is 2. The molecule has 0 N–H and O–H groups in total. The number of ether oxygens (including phenoxy) is 1. The van der Waals surface area contributed by atoms with Crippen LogP contribution in [-0.4, -0.2) is 11.9 Å². The van der Waals surface area contributed by atoms with Gasteiger partial charge in [0, 0.05) is 15.9 Å². The molecule has 0 aliphatic heterocycles. The van der Waals surface area contributed by atoms with Crippen molar-refractivity contribution < 1.29 is 4.74 Å². The normalized spacial score (nSPS) is 10.5. The zero-order chi connectivity index (χ0) is 13.7. The molecule has 0 aliphatic carbocycles. The van der Waals surface area contributed by atoms with Gasteiger partial charge in [0.05, 0.1) is 6.61 Å². The molecule has 0 saturated carbocycles. The van der Waals surface area contributed by atoms with E-state index in [-0.39, 0.29) is 0 Å². The zero-order valence-electron chi connectivity index (χ0n) is 10.8. The first-order valence-electron chi connectivity index (χ1n) is 6.26. The summed E-state index contributed by atoms with van der Waals surface area (Å²) in [6.07, 6.45) is 0.994. The van der Waals surface area contributed by atoms with Crippen LogP contribution in [0.5, 0.6) is 5.75 Å². The first-order valence-corrected chi connectivity index (χ1v) is 7.76. The highest BCUT2D eigenvalue weighted by Gasteiger charge is 2.09. The van der Waals surface area contributed by atoms with Gasteiger partial charge in [0.15, 0.2) is 0 Å². The van der Waals surface area contributed by atoms with Crippen molar-refractivity contribution in [1.29, 1.82) is 0 Å². The molecular formula is C16H16BrClO. The number of halogens is 2. The molecule has 0 fully saturated rings. The van der Waals surface area contributed by atoms with Crippen molar-refractivity contribution in [3.63, 3.8) is 0 Å². The minimum Gasteiger partial charge on any atom is -0.493 e. The third-order valence-electron chi connectivity index (χ3n) is 2.89. The highest BCUT2D eigenvalue weighted by molar-refractivity contribution is 9.09. The van der Waals surface area contributed by atoms with Gasteiger partial charge in [-0.3, -0.25) is 0 Å². The van der Waals surface area contributed by atoms with Gasteiger partial charge in [-0.15, -0.1) is 0 Å². The molecule has 19 heavy (non-hydrogen) atoms. The van der Waals surface area contributed by atoms with Crippen LogP contribution < -0.4 is 4.74 Å². The minimum atomic E-state index is 0.719. The molecule has 3 heteroatoms. The average molecular weight is 340 g/mol. The SMILES string of the molecule is Cc1cccc(-c2ccc(Cl)cc2)c1OCCCBr. The maximum atomic E-state index is 5.94. The topological polar surface area (TPSA) is 9.23 Å². The fourth-order valence-corrected chi connectivity index (χ4v) is 2.28. The van der Waals surface area contributed by atoms with E-state index in [0.717, 1.165) is 45.8 Å². The Labute approximate surface area is 127 Å². The molecule has 0 radical (unpaired) electrons. The van der Waals surface area contributed by atoms with Gasteiger partial charge in [-0.25, -0.2) is 0 Å². The molecule has 2 aromatic rings. The summed E-state index contributed by atoms with van der Waals surface area (Å²) in [7, 11) is 0. The van der Waals surface area contributed by atoms with E-state index in [1.807, 2.05) is 24.3 Å². The molecule has 0 aliphatic rings. The van der Waals surface area contributed by atoms with E-state index in [0.29, 0.717) is 0 Å². The van der Waals surface area contributed by atoms with E-state index in [9.17, 15) is 0 Å². The monoisotopic (exact) mass is 338 g/mol. The van der Waals surface area contributed by atoms with Crippen molar-refractivity contribution >= 4 is 27.5 Å². The van der Waals surface area contributed by atoms with E-state index < -0.39 is 0 Å². The second-order valence-corrected chi connectivity index (χ2v) is 5.58. The Kier molecular flexibility index (Phi) is 5.29. The lowest BCUT2D eigenvalue weighted by molar-refractivity contribution is 0.318. The van der Waals surface area contributed by atoms with Crippen LogP contribution in [0.1, 0.15) is 12.0 Å². The Morgan fingerprint density at radius 3 is 2.53 bits per heavy atom. The molecule has 0 unspecified atom stereocenters. The van der Waals surface area contributed by atoms with Gasteiger partial charge in [0.25, 0.3) is 0 Å². The fraction of sp³-hybridized carbons (Fsp3) is 0.250. The molecule has 0 bridgehead atoms. The third kappa shape index (κ3) is 3.74. The number of hydrogen-bond acceptors (Lipinski definition) is 1. The van der Waals surface area contributed by atoms with E-state index in [2.05, 4.69) is 41.1 Å². The van der Waals surface area contributed by atoms with Crippen molar-refractivity contribution in [1.82, 2.24) is 0 Å². The molecule has 0 saturated heterocycles. The lowest BCUT2D eigenvalue weighted by Gasteiger charge is -2.14. The molecule has 0 aromatic heterocycles. The van der Waals surface area contributed by atoms with Crippen LogP contribution in [0.4, 0.5) is 0 Å². The molecule has 100 valence electrons. The number of rotatable bonds is 5. The van der Waals surface area contributed by atoms with Crippen molar-refractivity contribution in [2.45, 2.75) is 13.3 Å². The van der Waals surface area contributed by atoms with Gasteiger partial charge in [-0.05, 0) is 36.6 Å². The summed E-state index contributed by atoms with van der Waals surface area (Å²) in [5, 5.41) is 1.70. The molecule has 1 nitrogen and oxygen atoms in total. The van der Waals surface area contributed by atoms with Crippen molar-refractivity contribution in [2.75, 3.05) is 11.9 Å². The Morgan fingerprint density at radius 1 is 1.11 bits per heavy atom. The second-order valence-electron chi connectivity index (χ2n) is 4.35.